The average molecular weight is 200 g/mol. The number of likely N-dealkylation sites (N-methyl/N-ethyl adjacent to an activating group) is 1. The zero-order chi connectivity index (χ0) is 9.86. The third-order valence-electron chi connectivity index (χ3n) is 3.11. The Hall–Kier alpha value is -0.160. The summed E-state index contributed by atoms with van der Waals surface area (Å²) < 4.78 is 11.3. The van der Waals surface area contributed by atoms with Gasteiger partial charge in [-0.1, -0.05) is 0 Å². The highest BCUT2D eigenvalue weighted by atomic mass is 16.7. The van der Waals surface area contributed by atoms with Crippen LogP contribution in [0.5, 0.6) is 0 Å². The summed E-state index contributed by atoms with van der Waals surface area (Å²) in [5, 5.41) is 3.17. The number of piperidine rings is 1. The minimum absolute atomic E-state index is 0.212. The third-order valence-corrected chi connectivity index (χ3v) is 3.11. The molecule has 4 heteroatoms. The Morgan fingerprint density at radius 3 is 2.43 bits per heavy atom. The van der Waals surface area contributed by atoms with Crippen LogP contribution < -0.4 is 5.32 Å². The lowest BCUT2D eigenvalue weighted by Crippen LogP contribution is -2.46. The lowest BCUT2D eigenvalue weighted by atomic mass is 10.0. The molecule has 0 aromatic heterocycles. The van der Waals surface area contributed by atoms with E-state index in [2.05, 4.69) is 10.2 Å². The highest BCUT2D eigenvalue weighted by Crippen LogP contribution is 2.30. The van der Waals surface area contributed by atoms with Gasteiger partial charge in [0.1, 0.15) is 0 Å². The number of hydrogen-bond donors (Lipinski definition) is 1. The molecule has 1 spiro atoms. The van der Waals surface area contributed by atoms with E-state index in [1.807, 2.05) is 7.05 Å². The highest BCUT2D eigenvalue weighted by Gasteiger charge is 2.39. The highest BCUT2D eigenvalue weighted by molar-refractivity contribution is 4.82. The Morgan fingerprint density at radius 1 is 1.21 bits per heavy atom. The van der Waals surface area contributed by atoms with Crippen LogP contribution in [-0.2, 0) is 9.47 Å². The zero-order valence-electron chi connectivity index (χ0n) is 8.92. The average Bonchev–Trinajstić information content (AvgIpc) is 2.66. The van der Waals surface area contributed by atoms with E-state index >= 15 is 0 Å². The van der Waals surface area contributed by atoms with Crippen molar-refractivity contribution in [2.75, 3.05) is 46.4 Å². The van der Waals surface area contributed by atoms with Gasteiger partial charge < -0.3 is 19.7 Å². The van der Waals surface area contributed by atoms with Gasteiger partial charge in [0.15, 0.2) is 5.79 Å². The number of nitrogens with zero attached hydrogens (tertiary/aromatic N) is 1. The summed E-state index contributed by atoms with van der Waals surface area (Å²) in [4.78, 5) is 2.47. The SMILES string of the molecule is CNCCN1CCC2(CC1)OCCO2. The van der Waals surface area contributed by atoms with Crippen LogP contribution in [0.3, 0.4) is 0 Å². The summed E-state index contributed by atoms with van der Waals surface area (Å²) in [7, 11) is 1.99. The lowest BCUT2D eigenvalue weighted by Gasteiger charge is -2.37. The second-order valence-electron chi connectivity index (χ2n) is 4.05. The van der Waals surface area contributed by atoms with Gasteiger partial charge in [-0.2, -0.15) is 0 Å². The van der Waals surface area contributed by atoms with E-state index < -0.39 is 0 Å². The van der Waals surface area contributed by atoms with E-state index in [-0.39, 0.29) is 5.79 Å². The molecule has 14 heavy (non-hydrogen) atoms. The largest absolute Gasteiger partial charge is 0.347 e. The third kappa shape index (κ3) is 2.25. The molecule has 0 unspecified atom stereocenters. The predicted molar refractivity (Wildman–Crippen MR) is 54.2 cm³/mol. The molecule has 1 N–H and O–H groups in total. The van der Waals surface area contributed by atoms with Gasteiger partial charge in [0.2, 0.25) is 0 Å². The fraction of sp³-hybridized carbons (Fsp3) is 1.00. The molecule has 2 aliphatic heterocycles. The van der Waals surface area contributed by atoms with Crippen molar-refractivity contribution in [1.82, 2.24) is 10.2 Å². The molecule has 0 bridgehead atoms. The molecule has 2 saturated heterocycles. The quantitative estimate of drug-likeness (QED) is 0.697. The first-order valence-electron chi connectivity index (χ1n) is 5.49. The lowest BCUT2D eigenvalue weighted by molar-refractivity contribution is -0.185. The normalized spacial score (nSPS) is 27.2. The molecule has 2 fully saturated rings. The molecule has 0 aromatic carbocycles. The van der Waals surface area contributed by atoms with Gasteiger partial charge in [-0.15, -0.1) is 0 Å². The molecule has 0 atom stereocenters. The molecule has 0 radical (unpaired) electrons. The molecular formula is C10H20N2O2. The molecule has 4 nitrogen and oxygen atoms in total. The number of hydrogen-bond acceptors (Lipinski definition) is 4. The Labute approximate surface area is 85.5 Å². The molecule has 0 amide bonds. The second kappa shape index (κ2) is 4.57. The summed E-state index contributed by atoms with van der Waals surface area (Å²) in [5.74, 6) is -0.212. The molecule has 2 rings (SSSR count). The maximum Gasteiger partial charge on any atom is 0.170 e. The van der Waals surface area contributed by atoms with Gasteiger partial charge in [-0.25, -0.2) is 0 Å². The molecule has 0 saturated carbocycles. The second-order valence-corrected chi connectivity index (χ2v) is 4.05. The summed E-state index contributed by atoms with van der Waals surface area (Å²) >= 11 is 0. The van der Waals surface area contributed by atoms with Crippen molar-refractivity contribution in [3.8, 4) is 0 Å². The van der Waals surface area contributed by atoms with E-state index in [4.69, 9.17) is 9.47 Å². The van der Waals surface area contributed by atoms with Gasteiger partial charge in [-0.05, 0) is 7.05 Å². The molecule has 2 heterocycles. The van der Waals surface area contributed by atoms with Crippen LogP contribution in [0.15, 0.2) is 0 Å². The summed E-state index contributed by atoms with van der Waals surface area (Å²) in [6.45, 7) is 5.94. The predicted octanol–water partition coefficient (Wildman–Crippen LogP) is 0.0447. The monoisotopic (exact) mass is 200 g/mol. The van der Waals surface area contributed by atoms with Gasteiger partial charge >= 0.3 is 0 Å². The van der Waals surface area contributed by atoms with Crippen molar-refractivity contribution in [1.29, 1.82) is 0 Å². The fourth-order valence-corrected chi connectivity index (χ4v) is 2.17. The van der Waals surface area contributed by atoms with E-state index in [1.54, 1.807) is 0 Å². The minimum Gasteiger partial charge on any atom is -0.347 e. The molecule has 82 valence electrons. The number of likely N-dealkylation sites (tertiary alicyclic amines) is 1. The molecular weight excluding hydrogens is 180 g/mol. The van der Waals surface area contributed by atoms with Crippen LogP contribution in [-0.4, -0.2) is 57.1 Å². The van der Waals surface area contributed by atoms with Gasteiger partial charge in [0.25, 0.3) is 0 Å². The van der Waals surface area contributed by atoms with Crippen LogP contribution in [0.2, 0.25) is 0 Å². The van der Waals surface area contributed by atoms with Gasteiger partial charge in [0, 0.05) is 39.0 Å². The van der Waals surface area contributed by atoms with Crippen LogP contribution in [0.4, 0.5) is 0 Å². The molecule has 2 aliphatic rings. The van der Waals surface area contributed by atoms with Crippen molar-refractivity contribution in [3.63, 3.8) is 0 Å². The van der Waals surface area contributed by atoms with Crippen molar-refractivity contribution >= 4 is 0 Å². The van der Waals surface area contributed by atoms with Gasteiger partial charge in [0.05, 0.1) is 13.2 Å². The summed E-state index contributed by atoms with van der Waals surface area (Å²) in [6, 6.07) is 0. The number of rotatable bonds is 3. The van der Waals surface area contributed by atoms with Crippen LogP contribution in [0, 0.1) is 0 Å². The first-order valence-corrected chi connectivity index (χ1v) is 5.49. The van der Waals surface area contributed by atoms with Crippen LogP contribution in [0.25, 0.3) is 0 Å². The Bertz CT molecular complexity index is 171. The number of nitrogens with one attached hydrogen (secondary N) is 1. The van der Waals surface area contributed by atoms with E-state index in [1.165, 1.54) is 0 Å². The van der Waals surface area contributed by atoms with Crippen LogP contribution in [0.1, 0.15) is 12.8 Å². The Morgan fingerprint density at radius 2 is 1.86 bits per heavy atom. The first-order chi connectivity index (χ1) is 6.85. The Kier molecular flexibility index (Phi) is 3.38. The van der Waals surface area contributed by atoms with Crippen molar-refractivity contribution in [2.45, 2.75) is 18.6 Å². The Balaban J connectivity index is 1.74. The summed E-state index contributed by atoms with van der Waals surface area (Å²) in [6.07, 6.45) is 2.05. The fourth-order valence-electron chi connectivity index (χ4n) is 2.17. The van der Waals surface area contributed by atoms with Gasteiger partial charge in [-0.3, -0.25) is 0 Å². The maximum atomic E-state index is 5.67. The van der Waals surface area contributed by atoms with Crippen LogP contribution >= 0.6 is 0 Å². The topological polar surface area (TPSA) is 33.7 Å². The zero-order valence-corrected chi connectivity index (χ0v) is 8.92. The summed E-state index contributed by atoms with van der Waals surface area (Å²) in [5.41, 5.74) is 0. The molecule has 0 aromatic rings. The van der Waals surface area contributed by atoms with E-state index in [0.29, 0.717) is 0 Å². The number of ether oxygens (including phenoxy) is 2. The van der Waals surface area contributed by atoms with E-state index in [9.17, 15) is 0 Å². The first kappa shape index (κ1) is 10.4. The van der Waals surface area contributed by atoms with E-state index in [0.717, 1.165) is 52.2 Å². The van der Waals surface area contributed by atoms with Crippen molar-refractivity contribution < 1.29 is 9.47 Å². The van der Waals surface area contributed by atoms with Crippen molar-refractivity contribution in [2.24, 2.45) is 0 Å². The van der Waals surface area contributed by atoms with Crippen molar-refractivity contribution in [3.05, 3.63) is 0 Å². The smallest absolute Gasteiger partial charge is 0.170 e. The molecule has 0 aliphatic carbocycles. The maximum absolute atomic E-state index is 5.67. The minimum atomic E-state index is -0.212. The standard InChI is InChI=1S/C10H20N2O2/c1-11-4-7-12-5-2-10(3-6-12)13-8-9-14-10/h11H,2-9H2,1H3.